The zero-order valence-corrected chi connectivity index (χ0v) is 6.76. The first kappa shape index (κ1) is 9.94. The predicted octanol–water partition coefficient (Wildman–Crippen LogP) is 0.233. The SMILES string of the molecule is CCC(C)(CNC=O)C(=O)O. The van der Waals surface area contributed by atoms with Gasteiger partial charge in [-0.15, -0.1) is 0 Å². The molecule has 0 fully saturated rings. The largest absolute Gasteiger partial charge is 0.481 e. The molecule has 0 aliphatic heterocycles. The van der Waals surface area contributed by atoms with Crippen molar-refractivity contribution in [3.8, 4) is 0 Å². The predicted molar refractivity (Wildman–Crippen MR) is 40.1 cm³/mol. The smallest absolute Gasteiger partial charge is 0.311 e. The normalized spacial score (nSPS) is 15.1. The third-order valence-corrected chi connectivity index (χ3v) is 1.87. The second-order valence-electron chi connectivity index (χ2n) is 2.72. The molecule has 0 aromatic rings. The number of hydrogen-bond donors (Lipinski definition) is 2. The maximum atomic E-state index is 10.6. The van der Waals surface area contributed by atoms with E-state index >= 15 is 0 Å². The van der Waals surface area contributed by atoms with Gasteiger partial charge in [-0.25, -0.2) is 0 Å². The van der Waals surface area contributed by atoms with Crippen LogP contribution in [0.3, 0.4) is 0 Å². The van der Waals surface area contributed by atoms with Gasteiger partial charge in [0.05, 0.1) is 5.41 Å². The van der Waals surface area contributed by atoms with Crippen LogP contribution in [0.25, 0.3) is 0 Å². The summed E-state index contributed by atoms with van der Waals surface area (Å²) < 4.78 is 0. The van der Waals surface area contributed by atoms with E-state index < -0.39 is 11.4 Å². The molecule has 64 valence electrons. The molecular weight excluding hydrogens is 146 g/mol. The van der Waals surface area contributed by atoms with Crippen LogP contribution in [0.4, 0.5) is 0 Å². The summed E-state index contributed by atoms with van der Waals surface area (Å²) in [6, 6.07) is 0. The maximum Gasteiger partial charge on any atom is 0.311 e. The third kappa shape index (κ3) is 2.57. The van der Waals surface area contributed by atoms with Crippen LogP contribution < -0.4 is 5.32 Å². The highest BCUT2D eigenvalue weighted by Crippen LogP contribution is 2.19. The molecule has 0 saturated carbocycles. The zero-order valence-electron chi connectivity index (χ0n) is 6.76. The monoisotopic (exact) mass is 159 g/mol. The highest BCUT2D eigenvalue weighted by Gasteiger charge is 2.30. The van der Waals surface area contributed by atoms with Crippen molar-refractivity contribution in [3.63, 3.8) is 0 Å². The lowest BCUT2D eigenvalue weighted by molar-refractivity contribution is -0.147. The van der Waals surface area contributed by atoms with Gasteiger partial charge in [0.1, 0.15) is 0 Å². The summed E-state index contributed by atoms with van der Waals surface area (Å²) in [6.07, 6.45) is 1.01. The summed E-state index contributed by atoms with van der Waals surface area (Å²) >= 11 is 0. The van der Waals surface area contributed by atoms with Crippen LogP contribution in [0, 0.1) is 5.41 Å². The Morgan fingerprint density at radius 1 is 1.73 bits per heavy atom. The van der Waals surface area contributed by atoms with Crippen LogP contribution >= 0.6 is 0 Å². The molecule has 1 atom stereocenters. The van der Waals surface area contributed by atoms with Gasteiger partial charge in [-0.3, -0.25) is 9.59 Å². The number of carboxylic acid groups (broad SMARTS) is 1. The minimum atomic E-state index is -0.880. The van der Waals surface area contributed by atoms with Gasteiger partial charge >= 0.3 is 5.97 Å². The Labute approximate surface area is 65.6 Å². The first-order valence-corrected chi connectivity index (χ1v) is 3.47. The van der Waals surface area contributed by atoms with Gasteiger partial charge in [-0.05, 0) is 13.3 Å². The van der Waals surface area contributed by atoms with E-state index in [-0.39, 0.29) is 6.54 Å². The molecule has 1 unspecified atom stereocenters. The second-order valence-corrected chi connectivity index (χ2v) is 2.72. The van der Waals surface area contributed by atoms with Gasteiger partial charge < -0.3 is 10.4 Å². The molecule has 0 rings (SSSR count). The van der Waals surface area contributed by atoms with Crippen molar-refractivity contribution in [1.29, 1.82) is 0 Å². The Morgan fingerprint density at radius 2 is 2.27 bits per heavy atom. The standard InChI is InChI=1S/C7H13NO3/c1-3-7(2,6(10)11)4-8-5-9/h5H,3-4H2,1-2H3,(H,8,9)(H,10,11). The number of amides is 1. The van der Waals surface area contributed by atoms with Crippen LogP contribution in [-0.2, 0) is 9.59 Å². The van der Waals surface area contributed by atoms with E-state index in [0.717, 1.165) is 0 Å². The van der Waals surface area contributed by atoms with Crippen molar-refractivity contribution in [2.24, 2.45) is 5.41 Å². The van der Waals surface area contributed by atoms with Crippen molar-refractivity contribution in [1.82, 2.24) is 5.32 Å². The van der Waals surface area contributed by atoms with Gasteiger partial charge in [-0.2, -0.15) is 0 Å². The molecular formula is C7H13NO3. The quantitative estimate of drug-likeness (QED) is 0.564. The van der Waals surface area contributed by atoms with Gasteiger partial charge in [0.25, 0.3) is 0 Å². The van der Waals surface area contributed by atoms with Crippen molar-refractivity contribution in [2.45, 2.75) is 20.3 Å². The summed E-state index contributed by atoms with van der Waals surface area (Å²) in [4.78, 5) is 20.5. The lowest BCUT2D eigenvalue weighted by atomic mass is 9.88. The lowest BCUT2D eigenvalue weighted by Crippen LogP contribution is -2.37. The Bertz CT molecular complexity index is 158. The summed E-state index contributed by atoms with van der Waals surface area (Å²) in [5.41, 5.74) is -0.832. The Morgan fingerprint density at radius 3 is 2.55 bits per heavy atom. The summed E-state index contributed by atoms with van der Waals surface area (Å²) in [6.45, 7) is 3.56. The molecule has 0 spiro atoms. The second kappa shape index (κ2) is 3.95. The average molecular weight is 159 g/mol. The molecule has 0 saturated heterocycles. The van der Waals surface area contributed by atoms with Crippen molar-refractivity contribution >= 4 is 12.4 Å². The number of aliphatic carboxylic acids is 1. The average Bonchev–Trinajstić information content (AvgIpc) is 2.00. The molecule has 0 aromatic carbocycles. The van der Waals surface area contributed by atoms with Crippen molar-refractivity contribution < 1.29 is 14.7 Å². The van der Waals surface area contributed by atoms with Gasteiger partial charge in [-0.1, -0.05) is 6.92 Å². The van der Waals surface area contributed by atoms with Crippen LogP contribution in [-0.4, -0.2) is 24.0 Å². The molecule has 4 nitrogen and oxygen atoms in total. The number of hydrogen-bond acceptors (Lipinski definition) is 2. The number of rotatable bonds is 5. The van der Waals surface area contributed by atoms with Gasteiger partial charge in [0.2, 0.25) is 6.41 Å². The van der Waals surface area contributed by atoms with E-state index in [1.54, 1.807) is 13.8 Å². The molecule has 11 heavy (non-hydrogen) atoms. The molecule has 0 radical (unpaired) electrons. The topological polar surface area (TPSA) is 66.4 Å². The Hall–Kier alpha value is -1.06. The fourth-order valence-corrected chi connectivity index (χ4v) is 0.619. The molecule has 4 heteroatoms. The highest BCUT2D eigenvalue weighted by atomic mass is 16.4. The van der Waals surface area contributed by atoms with E-state index in [9.17, 15) is 9.59 Å². The first-order valence-electron chi connectivity index (χ1n) is 3.47. The minimum Gasteiger partial charge on any atom is -0.481 e. The Kier molecular flexibility index (Phi) is 3.57. The fourth-order valence-electron chi connectivity index (χ4n) is 0.619. The van der Waals surface area contributed by atoms with E-state index in [1.807, 2.05) is 0 Å². The molecule has 0 aliphatic rings. The van der Waals surface area contributed by atoms with Crippen LogP contribution in [0.1, 0.15) is 20.3 Å². The molecule has 0 aromatic heterocycles. The van der Waals surface area contributed by atoms with Crippen LogP contribution in [0.2, 0.25) is 0 Å². The summed E-state index contributed by atoms with van der Waals surface area (Å²) in [5, 5.41) is 11.1. The molecule has 0 heterocycles. The first-order chi connectivity index (χ1) is 5.06. The number of carbonyl (C=O) groups is 2. The van der Waals surface area contributed by atoms with E-state index in [2.05, 4.69) is 5.32 Å². The van der Waals surface area contributed by atoms with Crippen molar-refractivity contribution in [2.75, 3.05) is 6.54 Å². The van der Waals surface area contributed by atoms with Crippen LogP contribution in [0.5, 0.6) is 0 Å². The molecule has 1 amide bonds. The van der Waals surface area contributed by atoms with Gasteiger partial charge in [0.15, 0.2) is 0 Å². The number of nitrogens with one attached hydrogen (secondary N) is 1. The van der Waals surface area contributed by atoms with E-state index in [1.165, 1.54) is 0 Å². The minimum absolute atomic E-state index is 0.183. The van der Waals surface area contributed by atoms with E-state index in [4.69, 9.17) is 5.11 Å². The summed E-state index contributed by atoms with van der Waals surface area (Å²) in [5.74, 6) is -0.880. The lowest BCUT2D eigenvalue weighted by Gasteiger charge is -2.21. The number of carbonyl (C=O) groups excluding carboxylic acids is 1. The number of carboxylic acids is 1. The zero-order chi connectivity index (χ0) is 8.91. The van der Waals surface area contributed by atoms with Crippen LogP contribution in [0.15, 0.2) is 0 Å². The third-order valence-electron chi connectivity index (χ3n) is 1.87. The molecule has 0 aliphatic carbocycles. The molecule has 2 N–H and O–H groups in total. The van der Waals surface area contributed by atoms with Crippen molar-refractivity contribution in [3.05, 3.63) is 0 Å². The molecule has 0 bridgehead atoms. The van der Waals surface area contributed by atoms with E-state index in [0.29, 0.717) is 12.8 Å². The van der Waals surface area contributed by atoms with Gasteiger partial charge in [0, 0.05) is 6.54 Å². The fraction of sp³-hybridized carbons (Fsp3) is 0.714. The summed E-state index contributed by atoms with van der Waals surface area (Å²) in [7, 11) is 0. The Balaban J connectivity index is 4.09. The highest BCUT2D eigenvalue weighted by molar-refractivity contribution is 5.74. The maximum absolute atomic E-state index is 10.6.